The summed E-state index contributed by atoms with van der Waals surface area (Å²) in [5.41, 5.74) is 6.83. The van der Waals surface area contributed by atoms with Crippen molar-refractivity contribution < 1.29 is 9.47 Å². The summed E-state index contributed by atoms with van der Waals surface area (Å²) >= 11 is 0. The average Bonchev–Trinajstić information content (AvgIpc) is 2.39. The molecule has 0 saturated carbocycles. The van der Waals surface area contributed by atoms with E-state index in [1.165, 1.54) is 0 Å². The largest absolute Gasteiger partial charge is 0.379 e. The van der Waals surface area contributed by atoms with Crippen molar-refractivity contribution in [1.82, 2.24) is 0 Å². The molecule has 96 valence electrons. The lowest BCUT2D eigenvalue weighted by atomic mass is 10.1. The maximum absolute atomic E-state index is 5.71. The summed E-state index contributed by atoms with van der Waals surface area (Å²) in [5.74, 6) is 0. The van der Waals surface area contributed by atoms with Gasteiger partial charge in [0.25, 0.3) is 0 Å². The van der Waals surface area contributed by atoms with E-state index in [-0.39, 0.29) is 6.10 Å². The Morgan fingerprint density at radius 3 is 2.53 bits per heavy atom. The molecule has 1 rings (SSSR count). The third-order valence-electron chi connectivity index (χ3n) is 2.57. The van der Waals surface area contributed by atoms with E-state index in [2.05, 4.69) is 6.92 Å². The minimum Gasteiger partial charge on any atom is -0.379 e. The molecule has 0 heterocycles. The summed E-state index contributed by atoms with van der Waals surface area (Å²) < 4.78 is 11.1. The van der Waals surface area contributed by atoms with Gasteiger partial charge < -0.3 is 15.2 Å². The van der Waals surface area contributed by atoms with E-state index in [9.17, 15) is 0 Å². The Bertz CT molecular complexity index is 277. The normalized spacial score (nSPS) is 12.6. The Morgan fingerprint density at radius 1 is 1.12 bits per heavy atom. The van der Waals surface area contributed by atoms with Gasteiger partial charge in [-0.3, -0.25) is 0 Å². The first-order valence-electron chi connectivity index (χ1n) is 6.32. The highest BCUT2D eigenvalue weighted by Crippen LogP contribution is 2.15. The Hall–Kier alpha value is -0.900. The van der Waals surface area contributed by atoms with Gasteiger partial charge in [0.2, 0.25) is 0 Å². The predicted molar refractivity (Wildman–Crippen MR) is 69.9 cm³/mol. The van der Waals surface area contributed by atoms with Crippen LogP contribution in [0, 0.1) is 0 Å². The Balaban J connectivity index is 2.20. The van der Waals surface area contributed by atoms with Crippen LogP contribution in [0.5, 0.6) is 0 Å². The zero-order chi connectivity index (χ0) is 12.3. The van der Waals surface area contributed by atoms with Crippen LogP contribution in [-0.4, -0.2) is 26.4 Å². The van der Waals surface area contributed by atoms with Crippen LogP contribution < -0.4 is 5.73 Å². The Morgan fingerprint density at radius 2 is 1.88 bits per heavy atom. The molecular formula is C14H23NO2. The fourth-order valence-corrected chi connectivity index (χ4v) is 1.57. The van der Waals surface area contributed by atoms with Crippen molar-refractivity contribution in [2.75, 3.05) is 26.4 Å². The highest BCUT2D eigenvalue weighted by Gasteiger charge is 2.08. The van der Waals surface area contributed by atoms with Crippen molar-refractivity contribution in [3.05, 3.63) is 35.9 Å². The molecule has 1 atom stereocenters. The SMILES string of the molecule is CCCCOCCOC(CN)c1ccccc1. The summed E-state index contributed by atoms with van der Waals surface area (Å²) in [6, 6.07) is 10.1. The molecule has 0 aromatic heterocycles. The molecule has 2 N–H and O–H groups in total. The molecule has 3 heteroatoms. The number of hydrogen-bond acceptors (Lipinski definition) is 3. The lowest BCUT2D eigenvalue weighted by Gasteiger charge is -2.16. The number of benzene rings is 1. The molecule has 0 aliphatic carbocycles. The maximum atomic E-state index is 5.71. The van der Waals surface area contributed by atoms with Crippen LogP contribution in [0.3, 0.4) is 0 Å². The smallest absolute Gasteiger partial charge is 0.0948 e. The molecule has 1 aromatic carbocycles. The van der Waals surface area contributed by atoms with Gasteiger partial charge in [-0.2, -0.15) is 0 Å². The first-order valence-corrected chi connectivity index (χ1v) is 6.32. The highest BCUT2D eigenvalue weighted by molar-refractivity contribution is 5.17. The Kier molecular flexibility index (Phi) is 7.63. The maximum Gasteiger partial charge on any atom is 0.0948 e. The van der Waals surface area contributed by atoms with Gasteiger partial charge in [0.15, 0.2) is 0 Å². The van der Waals surface area contributed by atoms with Gasteiger partial charge in [-0.1, -0.05) is 43.7 Å². The third-order valence-corrected chi connectivity index (χ3v) is 2.57. The van der Waals surface area contributed by atoms with Crippen LogP contribution in [0.4, 0.5) is 0 Å². The molecule has 17 heavy (non-hydrogen) atoms. The summed E-state index contributed by atoms with van der Waals surface area (Å²) in [4.78, 5) is 0. The van der Waals surface area contributed by atoms with E-state index in [1.54, 1.807) is 0 Å². The zero-order valence-electron chi connectivity index (χ0n) is 10.6. The molecule has 0 radical (unpaired) electrons. The monoisotopic (exact) mass is 237 g/mol. The Labute approximate surface area is 104 Å². The van der Waals surface area contributed by atoms with Crippen molar-refractivity contribution in [1.29, 1.82) is 0 Å². The lowest BCUT2D eigenvalue weighted by molar-refractivity contribution is 0.00695. The zero-order valence-corrected chi connectivity index (χ0v) is 10.6. The van der Waals surface area contributed by atoms with Crippen LogP contribution >= 0.6 is 0 Å². The van der Waals surface area contributed by atoms with Gasteiger partial charge >= 0.3 is 0 Å². The van der Waals surface area contributed by atoms with E-state index < -0.39 is 0 Å². The van der Waals surface area contributed by atoms with Crippen molar-refractivity contribution in [2.24, 2.45) is 5.73 Å². The molecule has 0 bridgehead atoms. The van der Waals surface area contributed by atoms with Crippen LogP contribution in [0.25, 0.3) is 0 Å². The molecule has 0 spiro atoms. The molecule has 0 aliphatic rings. The fraction of sp³-hybridized carbons (Fsp3) is 0.571. The first kappa shape index (κ1) is 14.2. The molecular weight excluding hydrogens is 214 g/mol. The quantitative estimate of drug-likeness (QED) is 0.671. The van der Waals surface area contributed by atoms with Crippen molar-refractivity contribution in [2.45, 2.75) is 25.9 Å². The van der Waals surface area contributed by atoms with Crippen molar-refractivity contribution in [3.63, 3.8) is 0 Å². The second-order valence-electron chi connectivity index (χ2n) is 3.97. The minimum atomic E-state index is -0.0222. The summed E-state index contributed by atoms with van der Waals surface area (Å²) in [7, 11) is 0. The van der Waals surface area contributed by atoms with Gasteiger partial charge in [-0.15, -0.1) is 0 Å². The van der Waals surface area contributed by atoms with Gasteiger partial charge in [-0.25, -0.2) is 0 Å². The minimum absolute atomic E-state index is 0.0222. The highest BCUT2D eigenvalue weighted by atomic mass is 16.5. The number of unbranched alkanes of at least 4 members (excludes halogenated alkanes) is 1. The number of nitrogens with two attached hydrogens (primary N) is 1. The lowest BCUT2D eigenvalue weighted by Crippen LogP contribution is -2.18. The third kappa shape index (κ3) is 5.82. The summed E-state index contributed by atoms with van der Waals surface area (Å²) in [5, 5.41) is 0. The molecule has 0 saturated heterocycles. The number of hydrogen-bond donors (Lipinski definition) is 1. The number of ether oxygens (including phenoxy) is 2. The standard InChI is InChI=1S/C14H23NO2/c1-2-3-9-16-10-11-17-14(12-15)13-7-5-4-6-8-13/h4-8,14H,2-3,9-12,15H2,1H3. The molecule has 1 aromatic rings. The van der Waals surface area contributed by atoms with Gasteiger partial charge in [-0.05, 0) is 12.0 Å². The molecule has 3 nitrogen and oxygen atoms in total. The second-order valence-corrected chi connectivity index (χ2v) is 3.97. The topological polar surface area (TPSA) is 44.5 Å². The van der Waals surface area contributed by atoms with E-state index in [0.717, 1.165) is 25.0 Å². The van der Waals surface area contributed by atoms with Gasteiger partial charge in [0, 0.05) is 13.2 Å². The number of rotatable bonds is 9. The van der Waals surface area contributed by atoms with Crippen LogP contribution in [-0.2, 0) is 9.47 Å². The summed E-state index contributed by atoms with van der Waals surface area (Å²) in [6.45, 7) is 4.71. The summed E-state index contributed by atoms with van der Waals surface area (Å²) in [6.07, 6.45) is 2.25. The van der Waals surface area contributed by atoms with E-state index >= 15 is 0 Å². The molecule has 0 aliphatic heterocycles. The fourth-order valence-electron chi connectivity index (χ4n) is 1.57. The molecule has 0 amide bonds. The predicted octanol–water partition coefficient (Wildman–Crippen LogP) is 2.52. The van der Waals surface area contributed by atoms with E-state index in [0.29, 0.717) is 19.8 Å². The van der Waals surface area contributed by atoms with Gasteiger partial charge in [0.1, 0.15) is 0 Å². The van der Waals surface area contributed by atoms with Crippen molar-refractivity contribution >= 4 is 0 Å². The van der Waals surface area contributed by atoms with Crippen LogP contribution in [0.15, 0.2) is 30.3 Å². The first-order chi connectivity index (χ1) is 8.38. The average molecular weight is 237 g/mol. The molecule has 1 unspecified atom stereocenters. The van der Waals surface area contributed by atoms with Crippen LogP contribution in [0.1, 0.15) is 31.4 Å². The van der Waals surface area contributed by atoms with Gasteiger partial charge in [0.05, 0.1) is 19.3 Å². The molecule has 0 fully saturated rings. The van der Waals surface area contributed by atoms with Crippen LogP contribution in [0.2, 0.25) is 0 Å². The van der Waals surface area contributed by atoms with E-state index in [4.69, 9.17) is 15.2 Å². The van der Waals surface area contributed by atoms with Crippen molar-refractivity contribution in [3.8, 4) is 0 Å². The second kappa shape index (κ2) is 9.16. The van der Waals surface area contributed by atoms with E-state index in [1.807, 2.05) is 30.3 Å².